The van der Waals surface area contributed by atoms with E-state index in [9.17, 15) is 4.79 Å². The normalized spacial score (nSPS) is 18.0. The lowest BCUT2D eigenvalue weighted by molar-refractivity contribution is 0.0624. The fourth-order valence-electron chi connectivity index (χ4n) is 2.49. The van der Waals surface area contributed by atoms with Gasteiger partial charge in [-0.25, -0.2) is 0 Å². The summed E-state index contributed by atoms with van der Waals surface area (Å²) < 4.78 is 5.38. The zero-order valence-corrected chi connectivity index (χ0v) is 12.8. The number of hydrogen-bond donors (Lipinski definition) is 1. The second-order valence-electron chi connectivity index (χ2n) is 5.36. The summed E-state index contributed by atoms with van der Waals surface area (Å²) in [6.07, 6.45) is 5.26. The number of amides is 1. The van der Waals surface area contributed by atoms with Crippen LogP contribution in [0.5, 0.6) is 0 Å². The highest BCUT2D eigenvalue weighted by Gasteiger charge is 2.17. The van der Waals surface area contributed by atoms with Gasteiger partial charge in [0.2, 0.25) is 0 Å². The van der Waals surface area contributed by atoms with E-state index in [1.54, 1.807) is 12.4 Å². The van der Waals surface area contributed by atoms with Gasteiger partial charge in [-0.1, -0.05) is 23.7 Å². The van der Waals surface area contributed by atoms with Crippen molar-refractivity contribution in [3.63, 3.8) is 0 Å². The van der Waals surface area contributed by atoms with Gasteiger partial charge in [0.1, 0.15) is 0 Å². The Morgan fingerprint density at radius 3 is 2.77 bits per heavy atom. The minimum atomic E-state index is -0.112. The third-order valence-electron chi connectivity index (χ3n) is 3.67. The molecule has 0 unspecified atom stereocenters. The van der Waals surface area contributed by atoms with E-state index < -0.39 is 0 Å². The zero-order chi connectivity index (χ0) is 15.4. The predicted octanol–water partition coefficient (Wildman–Crippen LogP) is 3.31. The second kappa shape index (κ2) is 6.90. The van der Waals surface area contributed by atoms with Crippen LogP contribution in [0.15, 0.2) is 42.7 Å². The number of aromatic nitrogens is 1. The quantitative estimate of drug-likeness (QED) is 0.945. The van der Waals surface area contributed by atoms with E-state index in [4.69, 9.17) is 16.3 Å². The summed E-state index contributed by atoms with van der Waals surface area (Å²) in [5.41, 5.74) is 2.43. The largest absolute Gasteiger partial charge is 0.379 e. The van der Waals surface area contributed by atoms with Crippen LogP contribution in [0.1, 0.15) is 23.2 Å². The van der Waals surface area contributed by atoms with Gasteiger partial charge in [0.25, 0.3) is 5.91 Å². The molecule has 1 N–H and O–H groups in total. The number of benzene rings is 1. The van der Waals surface area contributed by atoms with Gasteiger partial charge >= 0.3 is 0 Å². The van der Waals surface area contributed by atoms with Crippen LogP contribution in [0, 0.1) is 0 Å². The third kappa shape index (κ3) is 3.64. The second-order valence-corrected chi connectivity index (χ2v) is 5.79. The molecule has 2 aromatic rings. The van der Waals surface area contributed by atoms with E-state index in [2.05, 4.69) is 10.3 Å². The Morgan fingerprint density at radius 2 is 2.05 bits per heavy atom. The molecule has 0 bridgehead atoms. The van der Waals surface area contributed by atoms with Gasteiger partial charge in [0, 0.05) is 29.6 Å². The first-order valence-corrected chi connectivity index (χ1v) is 7.70. The van der Waals surface area contributed by atoms with Crippen molar-refractivity contribution in [2.24, 2.45) is 0 Å². The Morgan fingerprint density at radius 1 is 1.23 bits per heavy atom. The molecule has 0 aliphatic carbocycles. The summed E-state index contributed by atoms with van der Waals surface area (Å²) in [7, 11) is 0. The first-order valence-electron chi connectivity index (χ1n) is 7.32. The third-order valence-corrected chi connectivity index (χ3v) is 3.93. The number of pyridine rings is 1. The number of ether oxygens (including phenoxy) is 1. The molecule has 114 valence electrons. The molecule has 1 fully saturated rings. The van der Waals surface area contributed by atoms with E-state index in [-0.39, 0.29) is 11.9 Å². The molecule has 1 aromatic heterocycles. The summed E-state index contributed by atoms with van der Waals surface area (Å²) in [6.45, 7) is 1.36. The Bertz CT molecular complexity index is 652. The van der Waals surface area contributed by atoms with Crippen LogP contribution in [0.4, 0.5) is 0 Å². The molecule has 5 heteroatoms. The fourth-order valence-corrected chi connectivity index (χ4v) is 2.61. The van der Waals surface area contributed by atoms with E-state index in [1.165, 1.54) is 0 Å². The van der Waals surface area contributed by atoms with Crippen molar-refractivity contribution >= 4 is 17.5 Å². The van der Waals surface area contributed by atoms with Crippen molar-refractivity contribution in [3.05, 3.63) is 53.3 Å². The van der Waals surface area contributed by atoms with Crippen molar-refractivity contribution in [3.8, 4) is 11.1 Å². The first kappa shape index (κ1) is 15.0. The van der Waals surface area contributed by atoms with Crippen LogP contribution < -0.4 is 5.32 Å². The number of rotatable bonds is 3. The van der Waals surface area contributed by atoms with Gasteiger partial charge in [0.15, 0.2) is 0 Å². The highest BCUT2D eigenvalue weighted by atomic mass is 35.5. The van der Waals surface area contributed by atoms with Crippen LogP contribution >= 0.6 is 11.6 Å². The Balaban J connectivity index is 1.75. The van der Waals surface area contributed by atoms with Crippen molar-refractivity contribution in [1.82, 2.24) is 10.3 Å². The van der Waals surface area contributed by atoms with Crippen LogP contribution in [0.3, 0.4) is 0 Å². The average Bonchev–Trinajstić information content (AvgIpc) is 2.56. The predicted molar refractivity (Wildman–Crippen MR) is 86.0 cm³/mol. The number of carbonyl (C=O) groups is 1. The lowest BCUT2D eigenvalue weighted by Gasteiger charge is -2.23. The van der Waals surface area contributed by atoms with Crippen molar-refractivity contribution < 1.29 is 9.53 Å². The molecule has 4 nitrogen and oxygen atoms in total. The number of nitrogens with zero attached hydrogens (tertiary/aromatic N) is 1. The standard InChI is InChI=1S/C17H17ClN2O2/c18-15-5-3-12(4-6-15)13-8-14(10-19-9-13)17(21)20-16-2-1-7-22-11-16/h3-6,8-10,16H,1-2,7,11H2,(H,20,21)/t16-/m0/s1. The molecule has 1 aromatic carbocycles. The highest BCUT2D eigenvalue weighted by molar-refractivity contribution is 6.30. The van der Waals surface area contributed by atoms with Crippen molar-refractivity contribution in [2.75, 3.05) is 13.2 Å². The first-order chi connectivity index (χ1) is 10.7. The molecule has 1 aliphatic heterocycles. The molecule has 2 heterocycles. The van der Waals surface area contributed by atoms with Gasteiger partial charge in [-0.05, 0) is 36.6 Å². The van der Waals surface area contributed by atoms with Crippen LogP contribution in [-0.2, 0) is 4.74 Å². The van der Waals surface area contributed by atoms with Crippen molar-refractivity contribution in [1.29, 1.82) is 0 Å². The monoisotopic (exact) mass is 316 g/mol. The number of nitrogens with one attached hydrogen (secondary N) is 1. The van der Waals surface area contributed by atoms with Gasteiger partial charge in [-0.2, -0.15) is 0 Å². The summed E-state index contributed by atoms with van der Waals surface area (Å²) in [4.78, 5) is 16.5. The maximum atomic E-state index is 12.3. The van der Waals surface area contributed by atoms with E-state index in [0.717, 1.165) is 30.6 Å². The number of halogens is 1. The van der Waals surface area contributed by atoms with Crippen molar-refractivity contribution in [2.45, 2.75) is 18.9 Å². The molecule has 1 amide bonds. The SMILES string of the molecule is O=C(N[C@H]1CCCOC1)c1cncc(-c2ccc(Cl)cc2)c1. The number of hydrogen-bond acceptors (Lipinski definition) is 3. The Kier molecular flexibility index (Phi) is 4.71. The molecule has 1 aliphatic rings. The van der Waals surface area contributed by atoms with Gasteiger partial charge < -0.3 is 10.1 Å². The minimum Gasteiger partial charge on any atom is -0.379 e. The molecule has 22 heavy (non-hydrogen) atoms. The minimum absolute atomic E-state index is 0.0837. The Hall–Kier alpha value is -1.91. The lowest BCUT2D eigenvalue weighted by Crippen LogP contribution is -2.40. The maximum Gasteiger partial charge on any atom is 0.253 e. The summed E-state index contributed by atoms with van der Waals surface area (Å²) >= 11 is 5.90. The lowest BCUT2D eigenvalue weighted by atomic mass is 10.1. The molecule has 1 saturated heterocycles. The van der Waals surface area contributed by atoms with Crippen LogP contribution in [0.25, 0.3) is 11.1 Å². The number of carbonyl (C=O) groups excluding carboxylic acids is 1. The molecular weight excluding hydrogens is 300 g/mol. The molecule has 1 atom stereocenters. The fraction of sp³-hybridized carbons (Fsp3) is 0.294. The van der Waals surface area contributed by atoms with E-state index in [0.29, 0.717) is 17.2 Å². The van der Waals surface area contributed by atoms with E-state index >= 15 is 0 Å². The van der Waals surface area contributed by atoms with E-state index in [1.807, 2.05) is 30.3 Å². The molecular formula is C17H17ClN2O2. The molecule has 3 rings (SSSR count). The summed E-state index contributed by atoms with van der Waals surface area (Å²) in [6, 6.07) is 9.40. The smallest absolute Gasteiger partial charge is 0.253 e. The summed E-state index contributed by atoms with van der Waals surface area (Å²) in [5, 5.41) is 3.68. The average molecular weight is 317 g/mol. The topological polar surface area (TPSA) is 51.2 Å². The molecule has 0 radical (unpaired) electrons. The van der Waals surface area contributed by atoms with Gasteiger partial charge in [0.05, 0.1) is 18.2 Å². The Labute approximate surface area is 134 Å². The highest BCUT2D eigenvalue weighted by Crippen LogP contribution is 2.21. The van der Waals surface area contributed by atoms with Crippen LogP contribution in [-0.4, -0.2) is 30.1 Å². The maximum absolute atomic E-state index is 12.3. The molecule has 0 spiro atoms. The van der Waals surface area contributed by atoms with Gasteiger partial charge in [-0.15, -0.1) is 0 Å². The zero-order valence-electron chi connectivity index (χ0n) is 12.1. The summed E-state index contributed by atoms with van der Waals surface area (Å²) in [5.74, 6) is -0.112. The van der Waals surface area contributed by atoms with Gasteiger partial charge in [-0.3, -0.25) is 9.78 Å². The van der Waals surface area contributed by atoms with Crippen LogP contribution in [0.2, 0.25) is 5.02 Å². The molecule has 0 saturated carbocycles.